The van der Waals surface area contributed by atoms with E-state index >= 15 is 0 Å². The molecule has 416 valence electrons. The van der Waals surface area contributed by atoms with Crippen LogP contribution in [-0.4, -0.2) is 122 Å². The molecule has 2 aliphatic heterocycles. The molecule has 7 N–H and O–H groups in total. The van der Waals surface area contributed by atoms with Crippen LogP contribution in [0.15, 0.2) is 90.7 Å². The van der Waals surface area contributed by atoms with Gasteiger partial charge in [0, 0.05) is 65.7 Å². The van der Waals surface area contributed by atoms with Crippen LogP contribution in [0.4, 0.5) is 16.2 Å². The molecule has 23 nitrogen and oxygen atoms in total. The highest BCUT2D eigenvalue weighted by atomic mass is 32.1. The van der Waals surface area contributed by atoms with E-state index in [1.807, 2.05) is 19.1 Å². The van der Waals surface area contributed by atoms with Gasteiger partial charge in [0.1, 0.15) is 19.3 Å². The van der Waals surface area contributed by atoms with Crippen LogP contribution in [-0.2, 0) is 75.2 Å². The maximum absolute atomic E-state index is 14.0. The van der Waals surface area contributed by atoms with Gasteiger partial charge in [-0.1, -0.05) is 54.8 Å². The monoisotopic (exact) mass is 1110 g/mol. The van der Waals surface area contributed by atoms with Crippen LogP contribution in [0, 0.1) is 28.6 Å². The number of carbonyl (C=O) groups is 10. The van der Waals surface area contributed by atoms with Crippen molar-refractivity contribution in [2.24, 2.45) is 28.6 Å². The second kappa shape index (κ2) is 22.9. The smallest absolute Gasteiger partial charge is 0.411 e. The number of aliphatic hydroxyl groups excluding tert-OH is 2. The lowest BCUT2D eigenvalue weighted by Crippen LogP contribution is -2.63. The number of nitrogens with one attached hydrogen (secondary N) is 4. The predicted molar refractivity (Wildman–Crippen MR) is 275 cm³/mol. The van der Waals surface area contributed by atoms with Crippen molar-refractivity contribution in [3.8, 4) is 0 Å². The Morgan fingerprint density at radius 1 is 0.924 bits per heavy atom. The van der Waals surface area contributed by atoms with Gasteiger partial charge in [-0.25, -0.2) is 14.6 Å². The fourth-order valence-corrected chi connectivity index (χ4v) is 13.3. The Hall–Kier alpha value is -7.77. The zero-order valence-electron chi connectivity index (χ0n) is 43.0. The minimum absolute atomic E-state index is 0.0238. The number of benzene rings is 2. The number of ether oxygens (including phenoxy) is 3. The van der Waals surface area contributed by atoms with Gasteiger partial charge in [-0.2, -0.15) is 0 Å². The number of aromatic nitrogens is 1. The lowest BCUT2D eigenvalue weighted by atomic mass is 9.46. The third-order valence-electron chi connectivity index (χ3n) is 16.0. The molecule has 4 fully saturated rings. The summed E-state index contributed by atoms with van der Waals surface area (Å²) in [5.74, 6) is -7.09. The highest BCUT2D eigenvalue weighted by Crippen LogP contribution is 2.70. The molecule has 79 heavy (non-hydrogen) atoms. The third kappa shape index (κ3) is 11.6. The molecule has 1 saturated heterocycles. The summed E-state index contributed by atoms with van der Waals surface area (Å²) in [6.07, 6.45) is 6.33. The zero-order chi connectivity index (χ0) is 56.4. The van der Waals surface area contributed by atoms with Crippen LogP contribution >= 0.6 is 11.3 Å². The molecule has 4 aliphatic carbocycles. The van der Waals surface area contributed by atoms with Crippen LogP contribution in [0.2, 0.25) is 0 Å². The number of ketones is 2. The molecule has 0 radical (unpaired) electrons. The van der Waals surface area contributed by atoms with Gasteiger partial charge in [-0.15, -0.1) is 11.3 Å². The molecule has 6 aliphatic rings. The van der Waals surface area contributed by atoms with Gasteiger partial charge in [-0.3, -0.25) is 43.7 Å². The molecule has 0 spiro atoms. The van der Waals surface area contributed by atoms with Crippen molar-refractivity contribution in [1.29, 1.82) is 0 Å². The molecule has 2 aromatic carbocycles. The highest BCUT2D eigenvalue weighted by Gasteiger charge is 2.76. The Balaban J connectivity index is 0.736. The highest BCUT2D eigenvalue weighted by molar-refractivity contribution is 7.11. The first-order chi connectivity index (χ1) is 37.7. The molecule has 6 amide bonds. The van der Waals surface area contributed by atoms with Crippen molar-refractivity contribution < 1.29 is 82.3 Å². The quantitative estimate of drug-likeness (QED) is 0.0794. The number of thiazole rings is 1. The SMILES string of the molecule is C[C@]12C=CC(=O)C=C1CC[C@@H]1[C@@H]2[C@@H](O)C[C@@]2(C)[C@H]1C[C@H]1O[C@@H](c3cnc(Cc4cccc(NC(=O)OCc5ccc(NC(=O)[C@H](CCC(=O)O)NC(=O)CNC(=O)CCC(=O)ON6C(=O)C=CC6=O)cc5)c4)s3)O[C@]12C(=O)CO. The van der Waals surface area contributed by atoms with Crippen molar-refractivity contribution in [3.63, 3.8) is 0 Å². The number of carbonyl (C=O) groups excluding carboxylic acids is 9. The van der Waals surface area contributed by atoms with E-state index in [1.54, 1.807) is 48.7 Å². The molecule has 24 heteroatoms. The number of Topliss-reactive ketones (excluding diaryl/α,β-unsaturated/α-hetero) is 1. The topological polar surface area (TPSA) is 333 Å². The summed E-state index contributed by atoms with van der Waals surface area (Å²) >= 11 is 1.35. The molecule has 9 rings (SSSR count). The number of carboxylic acid groups (broad SMARTS) is 1. The lowest BCUT2D eigenvalue weighted by molar-refractivity contribution is -0.200. The number of anilines is 2. The van der Waals surface area contributed by atoms with E-state index in [0.717, 1.165) is 29.7 Å². The molecular weight excluding hydrogens is 1050 g/mol. The largest absolute Gasteiger partial charge is 0.481 e. The number of carboxylic acids is 1. The Labute approximate surface area is 455 Å². The van der Waals surface area contributed by atoms with E-state index in [9.17, 15) is 63.3 Å². The molecule has 3 heterocycles. The van der Waals surface area contributed by atoms with E-state index in [-0.39, 0.29) is 53.7 Å². The number of imide groups is 1. The summed E-state index contributed by atoms with van der Waals surface area (Å²) in [6.45, 7) is 2.53. The van der Waals surface area contributed by atoms with E-state index in [2.05, 4.69) is 38.0 Å². The molecule has 10 atom stereocenters. The summed E-state index contributed by atoms with van der Waals surface area (Å²) in [5.41, 5.74) is 0.251. The first-order valence-electron chi connectivity index (χ1n) is 25.7. The van der Waals surface area contributed by atoms with Crippen LogP contribution in [0.1, 0.15) is 92.5 Å². The van der Waals surface area contributed by atoms with Crippen molar-refractivity contribution in [2.45, 2.75) is 108 Å². The predicted octanol–water partition coefficient (Wildman–Crippen LogP) is 3.65. The van der Waals surface area contributed by atoms with Crippen molar-refractivity contribution >= 4 is 81.8 Å². The van der Waals surface area contributed by atoms with Crippen molar-refractivity contribution in [1.82, 2.24) is 20.7 Å². The standard InChI is InChI=1S/C55H58N6O17S/c1-53-19-18-34(63)22-31(53)8-11-35-36-23-41-55(40(65)27-62,54(36,2)24-38(64)49(35)53)77-51(76-41)39-25-57-44(79-39)21-30-4-3-5-33(20-30)59-52(74)75-28-29-6-9-32(10-7-29)58-50(73)37(12-16-47(70)71)60-43(67)26-56-42(66)13-17-48(72)78-61-45(68)14-15-46(61)69/h3-7,9-10,14-15,18-20,22,25,35-38,41,49,51,62,64H,8,11-13,16-17,21,23-24,26-28H2,1-2H3,(H,56,66)(H,58,73)(H,59,74)(H,60,67)(H,70,71)/t35-,36-,37-,38-,41+,49+,51+,53-,54-,55+/m0/s1. The number of rotatable bonds is 20. The number of aliphatic carboxylic acids is 1. The minimum atomic E-state index is -1.50. The van der Waals surface area contributed by atoms with Crippen LogP contribution in [0.3, 0.4) is 0 Å². The van der Waals surface area contributed by atoms with Crippen LogP contribution in [0.25, 0.3) is 0 Å². The summed E-state index contributed by atoms with van der Waals surface area (Å²) < 4.78 is 18.8. The van der Waals surface area contributed by atoms with E-state index in [4.69, 9.17) is 14.2 Å². The number of allylic oxidation sites excluding steroid dienone is 4. The summed E-state index contributed by atoms with van der Waals surface area (Å²) in [6, 6.07) is 11.9. The molecule has 3 aromatic rings. The number of amides is 6. The fourth-order valence-electron chi connectivity index (χ4n) is 12.4. The molecular formula is C55H58N6O17S. The number of fused-ring (bicyclic) bond motifs is 7. The van der Waals surface area contributed by atoms with E-state index in [1.165, 1.54) is 23.5 Å². The first-order valence-corrected chi connectivity index (χ1v) is 26.5. The van der Waals surface area contributed by atoms with Gasteiger partial charge >= 0.3 is 18.0 Å². The van der Waals surface area contributed by atoms with E-state index < -0.39 is 127 Å². The van der Waals surface area contributed by atoms with Gasteiger partial charge < -0.3 is 50.3 Å². The number of hydroxylamine groups is 2. The Bertz CT molecular complexity index is 3060. The Morgan fingerprint density at radius 3 is 2.42 bits per heavy atom. The molecule has 1 aromatic heterocycles. The average Bonchev–Trinajstić information content (AvgIpc) is 3.98. The fraction of sp³-hybridized carbons (Fsp3) is 0.436. The molecule has 0 unspecified atom stereocenters. The van der Waals surface area contributed by atoms with Crippen molar-refractivity contribution in [3.05, 3.63) is 112 Å². The maximum Gasteiger partial charge on any atom is 0.411 e. The van der Waals surface area contributed by atoms with Gasteiger partial charge in [0.25, 0.3) is 11.8 Å². The van der Waals surface area contributed by atoms with Crippen molar-refractivity contribution in [2.75, 3.05) is 23.8 Å². The van der Waals surface area contributed by atoms with Gasteiger partial charge in [0.05, 0.1) is 35.1 Å². The summed E-state index contributed by atoms with van der Waals surface area (Å²) in [5, 5.41) is 42.5. The lowest BCUT2D eigenvalue weighted by Gasteiger charge is -2.59. The normalized spacial score (nSPS) is 27.6. The Kier molecular flexibility index (Phi) is 16.2. The average molecular weight is 1110 g/mol. The maximum atomic E-state index is 14.0. The molecule has 0 bridgehead atoms. The first kappa shape index (κ1) is 56.0. The minimum Gasteiger partial charge on any atom is -0.481 e. The number of hydrogen-bond donors (Lipinski definition) is 7. The van der Waals surface area contributed by atoms with Crippen LogP contribution in [0.5, 0.6) is 0 Å². The zero-order valence-corrected chi connectivity index (χ0v) is 43.8. The van der Waals surface area contributed by atoms with E-state index in [0.29, 0.717) is 40.4 Å². The Morgan fingerprint density at radius 2 is 1.68 bits per heavy atom. The van der Waals surface area contributed by atoms with Crippen LogP contribution < -0.4 is 21.3 Å². The second-order valence-electron chi connectivity index (χ2n) is 20.9. The van der Waals surface area contributed by atoms with Gasteiger partial charge in [0.15, 0.2) is 23.5 Å². The number of aliphatic hydroxyl groups is 2. The number of nitrogens with zero attached hydrogens (tertiary/aromatic N) is 2. The molecule has 3 saturated carbocycles. The number of hydrogen-bond acceptors (Lipinski definition) is 18. The second-order valence-corrected chi connectivity index (χ2v) is 22.0. The summed E-state index contributed by atoms with van der Waals surface area (Å²) in [4.78, 5) is 134. The van der Waals surface area contributed by atoms with Gasteiger partial charge in [-0.05, 0) is 91.5 Å². The van der Waals surface area contributed by atoms with Gasteiger partial charge in [0.2, 0.25) is 17.7 Å². The summed E-state index contributed by atoms with van der Waals surface area (Å²) in [7, 11) is 0. The third-order valence-corrected chi connectivity index (χ3v) is 17.0.